The molecule has 0 radical (unpaired) electrons. The maximum Gasteiger partial charge on any atom is 0.161 e. The summed E-state index contributed by atoms with van der Waals surface area (Å²) < 4.78 is 17.2. The Bertz CT molecular complexity index is 467. The molecule has 128 valence electrons. The highest BCUT2D eigenvalue weighted by Crippen LogP contribution is 2.26. The largest absolute Gasteiger partial charge is 0.490 e. The van der Waals surface area contributed by atoms with Crippen LogP contribution in [0.2, 0.25) is 0 Å². The molecule has 0 spiro atoms. The molecule has 1 aliphatic heterocycles. The fourth-order valence-corrected chi connectivity index (χ4v) is 2.92. The van der Waals surface area contributed by atoms with Crippen molar-refractivity contribution in [2.45, 2.75) is 38.9 Å². The van der Waals surface area contributed by atoms with Crippen molar-refractivity contribution in [3.05, 3.63) is 36.9 Å². The summed E-state index contributed by atoms with van der Waals surface area (Å²) in [6, 6.07) is 7.79. The van der Waals surface area contributed by atoms with Gasteiger partial charge in [0.25, 0.3) is 0 Å². The molecule has 0 aromatic heterocycles. The zero-order chi connectivity index (χ0) is 16.5. The van der Waals surface area contributed by atoms with E-state index in [4.69, 9.17) is 14.2 Å². The normalized spacial score (nSPS) is 21.8. The number of hydrogen-bond donors (Lipinski definition) is 0. The van der Waals surface area contributed by atoms with Gasteiger partial charge in [-0.1, -0.05) is 24.8 Å². The minimum Gasteiger partial charge on any atom is -0.490 e. The zero-order valence-corrected chi connectivity index (χ0v) is 14.4. The Labute approximate surface area is 140 Å². The van der Waals surface area contributed by atoms with Gasteiger partial charge in [-0.2, -0.15) is 0 Å². The Hall–Kier alpha value is -1.52. The highest BCUT2D eigenvalue weighted by molar-refractivity contribution is 5.39. The van der Waals surface area contributed by atoms with Gasteiger partial charge in [0.05, 0.1) is 18.8 Å². The fraction of sp³-hybridized carbons (Fsp3) is 0.579. The van der Waals surface area contributed by atoms with E-state index in [2.05, 4.69) is 25.3 Å². The molecule has 4 heteroatoms. The van der Waals surface area contributed by atoms with Gasteiger partial charge in [0, 0.05) is 13.1 Å². The van der Waals surface area contributed by atoms with Crippen LogP contribution in [0.4, 0.5) is 0 Å². The summed E-state index contributed by atoms with van der Waals surface area (Å²) in [7, 11) is 0. The topological polar surface area (TPSA) is 30.9 Å². The molecule has 1 aliphatic rings. The van der Waals surface area contributed by atoms with Gasteiger partial charge in [-0.05, 0) is 45.4 Å². The second kappa shape index (κ2) is 9.58. The molecule has 1 saturated heterocycles. The smallest absolute Gasteiger partial charge is 0.161 e. The van der Waals surface area contributed by atoms with Crippen LogP contribution in [-0.2, 0) is 4.74 Å². The van der Waals surface area contributed by atoms with Crippen molar-refractivity contribution < 1.29 is 14.2 Å². The lowest BCUT2D eigenvalue weighted by molar-refractivity contribution is -0.0682. The van der Waals surface area contributed by atoms with E-state index >= 15 is 0 Å². The summed E-state index contributed by atoms with van der Waals surface area (Å²) in [5.74, 6) is 1.59. The van der Waals surface area contributed by atoms with Crippen molar-refractivity contribution in [3.63, 3.8) is 0 Å². The molecule has 1 fully saturated rings. The predicted molar refractivity (Wildman–Crippen MR) is 93.3 cm³/mol. The molecule has 0 amide bonds. The van der Waals surface area contributed by atoms with Crippen LogP contribution in [0.1, 0.15) is 26.7 Å². The van der Waals surface area contributed by atoms with Crippen LogP contribution in [0, 0.1) is 0 Å². The minimum absolute atomic E-state index is 0.337. The molecule has 23 heavy (non-hydrogen) atoms. The Kier molecular flexibility index (Phi) is 7.43. The second-order valence-corrected chi connectivity index (χ2v) is 6.12. The van der Waals surface area contributed by atoms with Crippen LogP contribution in [0.15, 0.2) is 36.9 Å². The van der Waals surface area contributed by atoms with E-state index in [9.17, 15) is 0 Å². The standard InChI is InChI=1S/C19H29NO3/c1-4-12-21-18-9-5-6-10-19(18)22-13-8-7-11-20-14-16(2)23-17(3)15-20/h4-6,9-10,16-17H,1,7-8,11-15H2,2-3H3/t16-,17-/m0/s1. The average molecular weight is 319 g/mol. The molecule has 0 N–H and O–H groups in total. The molecule has 2 atom stereocenters. The molecular weight excluding hydrogens is 290 g/mol. The number of morpholine rings is 1. The van der Waals surface area contributed by atoms with Crippen LogP contribution in [0.25, 0.3) is 0 Å². The van der Waals surface area contributed by atoms with E-state index in [1.165, 1.54) is 0 Å². The molecule has 4 nitrogen and oxygen atoms in total. The van der Waals surface area contributed by atoms with Gasteiger partial charge in [-0.15, -0.1) is 0 Å². The van der Waals surface area contributed by atoms with Gasteiger partial charge < -0.3 is 14.2 Å². The Morgan fingerprint density at radius 2 is 1.78 bits per heavy atom. The first-order valence-corrected chi connectivity index (χ1v) is 8.52. The number of unbranched alkanes of at least 4 members (excludes halogenated alkanes) is 1. The summed E-state index contributed by atoms with van der Waals surface area (Å²) in [5.41, 5.74) is 0. The van der Waals surface area contributed by atoms with Crippen LogP contribution in [-0.4, -0.2) is 50.0 Å². The Morgan fingerprint density at radius 1 is 1.13 bits per heavy atom. The summed E-state index contributed by atoms with van der Waals surface area (Å²) in [4.78, 5) is 2.49. The highest BCUT2D eigenvalue weighted by atomic mass is 16.5. The molecule has 1 aromatic carbocycles. The maximum absolute atomic E-state index is 5.86. The Balaban J connectivity index is 1.66. The third-order valence-electron chi connectivity index (χ3n) is 3.83. The van der Waals surface area contributed by atoms with Gasteiger partial charge in [-0.25, -0.2) is 0 Å². The third-order valence-corrected chi connectivity index (χ3v) is 3.83. The number of rotatable bonds is 9. The average Bonchev–Trinajstić information content (AvgIpc) is 2.52. The van der Waals surface area contributed by atoms with Gasteiger partial charge in [0.2, 0.25) is 0 Å². The van der Waals surface area contributed by atoms with E-state index in [1.807, 2.05) is 24.3 Å². The summed E-state index contributed by atoms with van der Waals surface area (Å²) in [5, 5.41) is 0. The number of nitrogens with zero attached hydrogens (tertiary/aromatic N) is 1. The molecular formula is C19H29NO3. The minimum atomic E-state index is 0.337. The van der Waals surface area contributed by atoms with Gasteiger partial charge >= 0.3 is 0 Å². The lowest BCUT2D eigenvalue weighted by Crippen LogP contribution is -2.45. The van der Waals surface area contributed by atoms with Gasteiger partial charge in [0.1, 0.15) is 6.61 Å². The van der Waals surface area contributed by atoms with Gasteiger partial charge in [0.15, 0.2) is 11.5 Å². The highest BCUT2D eigenvalue weighted by Gasteiger charge is 2.21. The van der Waals surface area contributed by atoms with Crippen LogP contribution < -0.4 is 9.47 Å². The molecule has 0 saturated carbocycles. The lowest BCUT2D eigenvalue weighted by atomic mass is 10.2. The third kappa shape index (κ3) is 6.24. The van der Waals surface area contributed by atoms with E-state index < -0.39 is 0 Å². The van der Waals surface area contributed by atoms with Crippen molar-refractivity contribution in [3.8, 4) is 11.5 Å². The summed E-state index contributed by atoms with van der Waals surface area (Å²) in [6.45, 7) is 12.3. The van der Waals surface area contributed by atoms with Gasteiger partial charge in [-0.3, -0.25) is 4.90 Å². The second-order valence-electron chi connectivity index (χ2n) is 6.12. The van der Waals surface area contributed by atoms with Crippen LogP contribution in [0.3, 0.4) is 0 Å². The number of benzene rings is 1. The van der Waals surface area contributed by atoms with Crippen LogP contribution in [0.5, 0.6) is 11.5 Å². The van der Waals surface area contributed by atoms with Crippen molar-refractivity contribution in [1.29, 1.82) is 0 Å². The molecule has 0 bridgehead atoms. The fourth-order valence-electron chi connectivity index (χ4n) is 2.92. The van der Waals surface area contributed by atoms with E-state index in [0.717, 1.165) is 44.0 Å². The maximum atomic E-state index is 5.86. The Morgan fingerprint density at radius 3 is 2.43 bits per heavy atom. The molecule has 0 aliphatic carbocycles. The molecule has 0 unspecified atom stereocenters. The first kappa shape index (κ1) is 17.8. The number of ether oxygens (including phenoxy) is 3. The van der Waals surface area contributed by atoms with E-state index in [1.54, 1.807) is 6.08 Å². The van der Waals surface area contributed by atoms with Crippen molar-refractivity contribution >= 4 is 0 Å². The summed E-state index contributed by atoms with van der Waals surface area (Å²) >= 11 is 0. The number of para-hydroxylation sites is 2. The lowest BCUT2D eigenvalue weighted by Gasteiger charge is -2.35. The monoisotopic (exact) mass is 319 g/mol. The molecule has 1 aromatic rings. The van der Waals surface area contributed by atoms with Crippen molar-refractivity contribution in [1.82, 2.24) is 4.90 Å². The first-order valence-electron chi connectivity index (χ1n) is 8.52. The molecule has 2 rings (SSSR count). The van der Waals surface area contributed by atoms with Crippen molar-refractivity contribution in [2.24, 2.45) is 0 Å². The van der Waals surface area contributed by atoms with E-state index in [0.29, 0.717) is 25.4 Å². The zero-order valence-electron chi connectivity index (χ0n) is 14.4. The number of hydrogen-bond acceptors (Lipinski definition) is 4. The first-order chi connectivity index (χ1) is 11.2. The molecule has 1 heterocycles. The van der Waals surface area contributed by atoms with E-state index in [-0.39, 0.29) is 0 Å². The van der Waals surface area contributed by atoms with Crippen LogP contribution >= 0.6 is 0 Å². The van der Waals surface area contributed by atoms with Crippen molar-refractivity contribution in [2.75, 3.05) is 32.8 Å². The summed E-state index contributed by atoms with van der Waals surface area (Å²) in [6.07, 6.45) is 4.58. The SMILES string of the molecule is C=CCOc1ccccc1OCCCCN1C[C@H](C)O[C@@H](C)C1. The predicted octanol–water partition coefficient (Wildman–Crippen LogP) is 3.52. The quantitative estimate of drug-likeness (QED) is 0.515.